The van der Waals surface area contributed by atoms with E-state index < -0.39 is 11.8 Å². The third kappa shape index (κ3) is 3.74. The van der Waals surface area contributed by atoms with E-state index >= 15 is 0 Å². The molecule has 0 saturated carbocycles. The van der Waals surface area contributed by atoms with Gasteiger partial charge in [-0.25, -0.2) is 9.18 Å². The van der Waals surface area contributed by atoms with Crippen molar-refractivity contribution in [2.24, 2.45) is 0 Å². The highest BCUT2D eigenvalue weighted by molar-refractivity contribution is 5.90. The third-order valence-electron chi connectivity index (χ3n) is 4.18. The summed E-state index contributed by atoms with van der Waals surface area (Å²) < 4.78 is 13.8. The number of anilines is 1. The largest absolute Gasteiger partial charge is 0.322 e. The number of aromatic nitrogens is 1. The number of nitrogens with zero attached hydrogens (tertiary/aromatic N) is 1. The molecule has 0 aliphatic rings. The molecule has 0 saturated heterocycles. The number of hydrogen-bond acceptors (Lipinski definition) is 2. The summed E-state index contributed by atoms with van der Waals surface area (Å²) in [7, 11) is 0. The van der Waals surface area contributed by atoms with E-state index in [1.165, 1.54) is 18.2 Å². The fourth-order valence-corrected chi connectivity index (χ4v) is 2.83. The highest BCUT2D eigenvalue weighted by atomic mass is 19.1. The molecule has 0 fully saturated rings. The van der Waals surface area contributed by atoms with Gasteiger partial charge in [0.05, 0.1) is 5.69 Å². The highest BCUT2D eigenvalue weighted by Gasteiger charge is 2.20. The number of benzene rings is 2. The van der Waals surface area contributed by atoms with Gasteiger partial charge < -0.3 is 15.2 Å². The van der Waals surface area contributed by atoms with Crippen LogP contribution in [0.15, 0.2) is 59.4 Å². The lowest BCUT2D eigenvalue weighted by molar-refractivity contribution is 0.194. The Labute approximate surface area is 150 Å². The lowest BCUT2D eigenvalue weighted by atomic mass is 10.1. The van der Waals surface area contributed by atoms with Crippen molar-refractivity contribution in [2.75, 3.05) is 5.32 Å². The standard InChI is InChI=1S/C20H20FN3O2/c1-13(2)24(20(26)23-18-10-6-4-8-16(18)21)12-14-11-19(25)22-17-9-5-3-7-15(14)17/h3-11,13H,12H2,1-2H3,(H,22,25)(H,23,26). The van der Waals surface area contributed by atoms with Gasteiger partial charge in [0.2, 0.25) is 5.56 Å². The Hall–Kier alpha value is -3.15. The molecule has 2 aromatic carbocycles. The van der Waals surface area contributed by atoms with E-state index in [1.54, 1.807) is 17.0 Å². The molecule has 134 valence electrons. The van der Waals surface area contributed by atoms with Gasteiger partial charge in [-0.15, -0.1) is 0 Å². The third-order valence-corrected chi connectivity index (χ3v) is 4.18. The Bertz CT molecular complexity index is 998. The van der Waals surface area contributed by atoms with Gasteiger partial charge in [0.1, 0.15) is 5.82 Å². The number of nitrogens with one attached hydrogen (secondary N) is 2. The molecule has 3 rings (SSSR count). The second kappa shape index (κ2) is 7.39. The molecule has 0 unspecified atom stereocenters. The summed E-state index contributed by atoms with van der Waals surface area (Å²) >= 11 is 0. The van der Waals surface area contributed by atoms with E-state index in [-0.39, 0.29) is 23.8 Å². The van der Waals surface area contributed by atoms with Gasteiger partial charge in [0.25, 0.3) is 0 Å². The minimum absolute atomic E-state index is 0.124. The molecule has 1 heterocycles. The van der Waals surface area contributed by atoms with Gasteiger partial charge in [0.15, 0.2) is 0 Å². The maximum absolute atomic E-state index is 13.8. The van der Waals surface area contributed by atoms with E-state index in [4.69, 9.17) is 0 Å². The molecule has 0 atom stereocenters. The molecule has 0 spiro atoms. The Morgan fingerprint density at radius 1 is 1.15 bits per heavy atom. The maximum Gasteiger partial charge on any atom is 0.322 e. The van der Waals surface area contributed by atoms with E-state index in [1.807, 2.05) is 38.1 Å². The number of aromatic amines is 1. The minimum atomic E-state index is -0.494. The average molecular weight is 353 g/mol. The highest BCUT2D eigenvalue weighted by Crippen LogP contribution is 2.19. The van der Waals surface area contributed by atoms with Crippen molar-refractivity contribution in [1.29, 1.82) is 0 Å². The number of halogens is 1. The van der Waals surface area contributed by atoms with Crippen LogP contribution in [0.4, 0.5) is 14.9 Å². The van der Waals surface area contributed by atoms with Gasteiger partial charge in [-0.05, 0) is 37.6 Å². The molecule has 6 heteroatoms. The SMILES string of the molecule is CC(C)N(Cc1cc(=O)[nH]c2ccccc12)C(=O)Nc1ccccc1F. The summed E-state index contributed by atoms with van der Waals surface area (Å²) in [5.41, 5.74) is 1.35. The second-order valence-corrected chi connectivity index (χ2v) is 6.34. The molecule has 0 aliphatic carbocycles. The van der Waals surface area contributed by atoms with Gasteiger partial charge >= 0.3 is 6.03 Å². The first-order valence-corrected chi connectivity index (χ1v) is 8.39. The number of H-pyrrole nitrogens is 1. The molecule has 1 aromatic heterocycles. The van der Waals surface area contributed by atoms with E-state index in [0.717, 1.165) is 10.9 Å². The molecule has 26 heavy (non-hydrogen) atoms. The lowest BCUT2D eigenvalue weighted by Crippen LogP contribution is -2.39. The average Bonchev–Trinajstić information content (AvgIpc) is 2.61. The first kappa shape index (κ1) is 17.7. The Balaban J connectivity index is 1.91. The van der Waals surface area contributed by atoms with E-state index in [9.17, 15) is 14.0 Å². The topological polar surface area (TPSA) is 65.2 Å². The molecule has 5 nitrogen and oxygen atoms in total. The van der Waals surface area contributed by atoms with Crippen LogP contribution in [0.2, 0.25) is 0 Å². The Morgan fingerprint density at radius 2 is 1.85 bits per heavy atom. The monoisotopic (exact) mass is 353 g/mol. The van der Waals surface area contributed by atoms with Gasteiger partial charge in [0, 0.05) is 29.6 Å². The predicted molar refractivity (Wildman–Crippen MR) is 101 cm³/mol. The van der Waals surface area contributed by atoms with Crippen molar-refractivity contribution in [3.8, 4) is 0 Å². The molecular weight excluding hydrogens is 333 g/mol. The summed E-state index contributed by atoms with van der Waals surface area (Å²) in [6, 6.07) is 14.4. The first-order chi connectivity index (χ1) is 12.5. The summed E-state index contributed by atoms with van der Waals surface area (Å²) in [4.78, 5) is 29.0. The van der Waals surface area contributed by atoms with Crippen LogP contribution in [0.1, 0.15) is 19.4 Å². The lowest BCUT2D eigenvalue weighted by Gasteiger charge is -2.27. The molecule has 2 N–H and O–H groups in total. The molecule has 3 aromatic rings. The molecule has 0 radical (unpaired) electrons. The molecule has 2 amide bonds. The molecule has 0 aliphatic heterocycles. The fourth-order valence-electron chi connectivity index (χ4n) is 2.83. The number of hydrogen-bond donors (Lipinski definition) is 2. The van der Waals surface area contributed by atoms with Crippen LogP contribution in [0, 0.1) is 5.82 Å². The fraction of sp³-hybridized carbons (Fsp3) is 0.200. The van der Waals surface area contributed by atoms with Crippen LogP contribution >= 0.6 is 0 Å². The van der Waals surface area contributed by atoms with Crippen molar-refractivity contribution >= 4 is 22.6 Å². The zero-order valence-corrected chi connectivity index (χ0v) is 14.6. The van der Waals surface area contributed by atoms with Gasteiger partial charge in [-0.2, -0.15) is 0 Å². The normalized spacial score (nSPS) is 10.9. The number of amides is 2. The quantitative estimate of drug-likeness (QED) is 0.741. The van der Waals surface area contributed by atoms with Crippen LogP contribution in [0.5, 0.6) is 0 Å². The molecular formula is C20H20FN3O2. The van der Waals surface area contributed by atoms with Crippen molar-refractivity contribution in [3.05, 3.63) is 76.3 Å². The smallest absolute Gasteiger partial charge is 0.322 e. The van der Waals surface area contributed by atoms with Crippen molar-refractivity contribution in [1.82, 2.24) is 9.88 Å². The van der Waals surface area contributed by atoms with Gasteiger partial charge in [-0.3, -0.25) is 4.79 Å². The van der Waals surface area contributed by atoms with Gasteiger partial charge in [-0.1, -0.05) is 30.3 Å². The van der Waals surface area contributed by atoms with Crippen molar-refractivity contribution in [2.45, 2.75) is 26.4 Å². The second-order valence-electron chi connectivity index (χ2n) is 6.34. The number of pyridine rings is 1. The zero-order valence-electron chi connectivity index (χ0n) is 14.6. The number of rotatable bonds is 4. The van der Waals surface area contributed by atoms with Crippen molar-refractivity contribution < 1.29 is 9.18 Å². The zero-order chi connectivity index (χ0) is 18.7. The van der Waals surface area contributed by atoms with Crippen LogP contribution in [-0.2, 0) is 6.54 Å². The predicted octanol–water partition coefficient (Wildman–Crippen LogP) is 4.11. The number of carbonyl (C=O) groups excluding carboxylic acids is 1. The van der Waals surface area contributed by atoms with Crippen LogP contribution in [0.3, 0.4) is 0 Å². The summed E-state index contributed by atoms with van der Waals surface area (Å²) in [6.07, 6.45) is 0. The van der Waals surface area contributed by atoms with Crippen LogP contribution < -0.4 is 10.9 Å². The maximum atomic E-state index is 13.8. The number of carbonyl (C=O) groups is 1. The molecule has 0 bridgehead atoms. The van der Waals surface area contributed by atoms with E-state index in [0.29, 0.717) is 5.52 Å². The van der Waals surface area contributed by atoms with E-state index in [2.05, 4.69) is 10.3 Å². The first-order valence-electron chi connectivity index (χ1n) is 8.39. The summed E-state index contributed by atoms with van der Waals surface area (Å²) in [6.45, 7) is 3.98. The summed E-state index contributed by atoms with van der Waals surface area (Å²) in [5.74, 6) is -0.494. The minimum Gasteiger partial charge on any atom is -0.322 e. The van der Waals surface area contributed by atoms with Crippen LogP contribution in [-0.4, -0.2) is 22.0 Å². The number of para-hydroxylation sites is 2. The summed E-state index contributed by atoms with van der Waals surface area (Å²) in [5, 5.41) is 3.47. The number of urea groups is 1. The number of fused-ring (bicyclic) bond motifs is 1. The Morgan fingerprint density at radius 3 is 2.58 bits per heavy atom. The Kier molecular flexibility index (Phi) is 5.02. The van der Waals surface area contributed by atoms with Crippen LogP contribution in [0.25, 0.3) is 10.9 Å². The van der Waals surface area contributed by atoms with Crippen molar-refractivity contribution in [3.63, 3.8) is 0 Å².